The number of nitrogens with zero attached hydrogens (tertiary/aromatic N) is 3. The van der Waals surface area contributed by atoms with Crippen LogP contribution in [0.1, 0.15) is 22.1 Å². The average Bonchev–Trinajstić information content (AvgIpc) is 2.86. The molecule has 1 atom stereocenters. The van der Waals surface area contributed by atoms with Crippen LogP contribution in [0.2, 0.25) is 0 Å². The normalized spacial score (nSPS) is 12.0. The van der Waals surface area contributed by atoms with Crippen LogP contribution in [0.15, 0.2) is 48.5 Å². The number of para-hydroxylation sites is 2. The number of hydrogen-bond acceptors (Lipinski definition) is 3. The van der Waals surface area contributed by atoms with Crippen LogP contribution >= 0.6 is 0 Å². The number of nitriles is 1. The second kappa shape index (κ2) is 5.41. The van der Waals surface area contributed by atoms with Gasteiger partial charge in [-0.3, -0.25) is 4.79 Å². The van der Waals surface area contributed by atoms with Crippen LogP contribution in [-0.4, -0.2) is 15.3 Å². The first-order chi connectivity index (χ1) is 10.6. The number of carbonyl (C=O) groups excluding carboxylic acids is 1. The SMILES string of the molecule is Cn1c(C(C#N)C(=O)c2ccc(F)cc2)nc2ccccc21. The maximum Gasteiger partial charge on any atom is 0.187 e. The van der Waals surface area contributed by atoms with Gasteiger partial charge >= 0.3 is 0 Å². The van der Waals surface area contributed by atoms with E-state index in [2.05, 4.69) is 4.98 Å². The molecular weight excluding hydrogens is 281 g/mol. The van der Waals surface area contributed by atoms with E-state index in [1.165, 1.54) is 24.3 Å². The summed E-state index contributed by atoms with van der Waals surface area (Å²) in [5.74, 6) is -1.45. The molecule has 3 aromatic rings. The van der Waals surface area contributed by atoms with Gasteiger partial charge in [-0.2, -0.15) is 5.26 Å². The van der Waals surface area contributed by atoms with Gasteiger partial charge in [0.25, 0.3) is 0 Å². The van der Waals surface area contributed by atoms with Gasteiger partial charge in [0.2, 0.25) is 0 Å². The number of rotatable bonds is 3. The number of imidazole rings is 1. The van der Waals surface area contributed by atoms with Crippen molar-refractivity contribution < 1.29 is 9.18 Å². The Morgan fingerprint density at radius 3 is 2.55 bits per heavy atom. The number of ketones is 1. The molecule has 108 valence electrons. The molecule has 1 heterocycles. The molecule has 0 spiro atoms. The van der Waals surface area contributed by atoms with Crippen molar-refractivity contribution in [3.05, 3.63) is 65.7 Å². The third kappa shape index (κ3) is 2.25. The Balaban J connectivity index is 2.06. The fourth-order valence-electron chi connectivity index (χ4n) is 2.44. The van der Waals surface area contributed by atoms with Crippen molar-refractivity contribution in [1.82, 2.24) is 9.55 Å². The molecule has 3 rings (SSSR count). The fraction of sp³-hybridized carbons (Fsp3) is 0.118. The number of aryl methyl sites for hydroxylation is 1. The lowest BCUT2D eigenvalue weighted by Gasteiger charge is -2.08. The van der Waals surface area contributed by atoms with Gasteiger partial charge in [-0.1, -0.05) is 12.1 Å². The van der Waals surface area contributed by atoms with E-state index in [-0.39, 0.29) is 5.78 Å². The minimum atomic E-state index is -1.03. The summed E-state index contributed by atoms with van der Waals surface area (Å²) in [4.78, 5) is 16.9. The summed E-state index contributed by atoms with van der Waals surface area (Å²) >= 11 is 0. The molecule has 0 saturated heterocycles. The first-order valence-corrected chi connectivity index (χ1v) is 6.72. The van der Waals surface area contributed by atoms with Crippen LogP contribution in [0.5, 0.6) is 0 Å². The zero-order chi connectivity index (χ0) is 15.7. The summed E-state index contributed by atoms with van der Waals surface area (Å²) in [6, 6.07) is 14.6. The number of carbonyl (C=O) groups is 1. The van der Waals surface area contributed by atoms with Crippen LogP contribution in [0.3, 0.4) is 0 Å². The molecule has 2 aromatic carbocycles. The largest absolute Gasteiger partial charge is 0.330 e. The third-order valence-electron chi connectivity index (χ3n) is 3.60. The molecule has 0 aliphatic rings. The summed E-state index contributed by atoms with van der Waals surface area (Å²) in [5, 5.41) is 9.42. The van der Waals surface area contributed by atoms with Crippen molar-refractivity contribution >= 4 is 16.8 Å². The van der Waals surface area contributed by atoms with Crippen LogP contribution in [-0.2, 0) is 7.05 Å². The molecule has 4 nitrogen and oxygen atoms in total. The highest BCUT2D eigenvalue weighted by Gasteiger charge is 2.26. The second-order valence-electron chi connectivity index (χ2n) is 4.95. The van der Waals surface area contributed by atoms with Gasteiger partial charge in [-0.25, -0.2) is 9.37 Å². The van der Waals surface area contributed by atoms with E-state index in [1.54, 1.807) is 11.6 Å². The number of aromatic nitrogens is 2. The molecule has 0 radical (unpaired) electrons. The first kappa shape index (κ1) is 14.0. The third-order valence-corrected chi connectivity index (χ3v) is 3.60. The topological polar surface area (TPSA) is 58.7 Å². The lowest BCUT2D eigenvalue weighted by atomic mass is 9.98. The Bertz CT molecular complexity index is 890. The maximum absolute atomic E-state index is 13.0. The second-order valence-corrected chi connectivity index (χ2v) is 4.95. The fourth-order valence-corrected chi connectivity index (χ4v) is 2.44. The molecule has 1 unspecified atom stereocenters. The van der Waals surface area contributed by atoms with Gasteiger partial charge in [0.05, 0.1) is 17.1 Å². The molecule has 22 heavy (non-hydrogen) atoms. The highest BCUT2D eigenvalue weighted by atomic mass is 19.1. The minimum absolute atomic E-state index is 0.292. The zero-order valence-corrected chi connectivity index (χ0v) is 11.8. The predicted molar refractivity (Wildman–Crippen MR) is 79.8 cm³/mol. The van der Waals surface area contributed by atoms with Gasteiger partial charge in [-0.05, 0) is 36.4 Å². The van der Waals surface area contributed by atoms with Gasteiger partial charge in [0.15, 0.2) is 11.7 Å². The summed E-state index contributed by atoms with van der Waals surface area (Å²) in [5.41, 5.74) is 1.87. The predicted octanol–water partition coefficient (Wildman–Crippen LogP) is 3.20. The minimum Gasteiger partial charge on any atom is -0.330 e. The van der Waals surface area contributed by atoms with Gasteiger partial charge in [0, 0.05) is 12.6 Å². The summed E-state index contributed by atoms with van der Waals surface area (Å²) < 4.78 is 14.7. The maximum atomic E-state index is 13.0. The van der Waals surface area contributed by atoms with Crippen molar-refractivity contribution in [2.45, 2.75) is 5.92 Å². The van der Waals surface area contributed by atoms with Gasteiger partial charge in [-0.15, -0.1) is 0 Å². The molecule has 0 N–H and O–H groups in total. The molecule has 0 aliphatic heterocycles. The van der Waals surface area contributed by atoms with E-state index in [1.807, 2.05) is 30.3 Å². The van der Waals surface area contributed by atoms with E-state index >= 15 is 0 Å². The Labute approximate surface area is 126 Å². The highest BCUT2D eigenvalue weighted by Crippen LogP contribution is 2.24. The number of halogens is 1. The molecule has 1 aromatic heterocycles. The van der Waals surface area contributed by atoms with E-state index in [4.69, 9.17) is 0 Å². The van der Waals surface area contributed by atoms with E-state index < -0.39 is 11.7 Å². The summed E-state index contributed by atoms with van der Waals surface area (Å²) in [7, 11) is 1.77. The Hall–Kier alpha value is -3.00. The van der Waals surface area contributed by atoms with Crippen molar-refractivity contribution in [2.75, 3.05) is 0 Å². The van der Waals surface area contributed by atoms with Crippen LogP contribution in [0.4, 0.5) is 4.39 Å². The number of Topliss-reactive ketones (excluding diaryl/α,β-unsaturated/α-hetero) is 1. The lowest BCUT2D eigenvalue weighted by molar-refractivity contribution is 0.0975. The molecule has 0 aliphatic carbocycles. The van der Waals surface area contributed by atoms with Crippen LogP contribution in [0, 0.1) is 17.1 Å². The lowest BCUT2D eigenvalue weighted by Crippen LogP contribution is -2.15. The zero-order valence-electron chi connectivity index (χ0n) is 11.8. The molecule has 0 fully saturated rings. The van der Waals surface area contributed by atoms with E-state index in [0.717, 1.165) is 11.0 Å². The van der Waals surface area contributed by atoms with Crippen molar-refractivity contribution in [1.29, 1.82) is 5.26 Å². The van der Waals surface area contributed by atoms with Crippen molar-refractivity contribution in [3.8, 4) is 6.07 Å². The van der Waals surface area contributed by atoms with Gasteiger partial charge in [0.1, 0.15) is 11.6 Å². The van der Waals surface area contributed by atoms with E-state index in [0.29, 0.717) is 11.4 Å². The first-order valence-electron chi connectivity index (χ1n) is 6.72. The molecule has 0 saturated carbocycles. The Morgan fingerprint density at radius 2 is 1.91 bits per heavy atom. The van der Waals surface area contributed by atoms with E-state index in [9.17, 15) is 14.4 Å². The van der Waals surface area contributed by atoms with Gasteiger partial charge < -0.3 is 4.57 Å². The Kier molecular flexibility index (Phi) is 3.43. The molecule has 0 amide bonds. The highest BCUT2D eigenvalue weighted by molar-refractivity contribution is 6.02. The smallest absolute Gasteiger partial charge is 0.187 e. The standard InChI is InChI=1S/C17H12FN3O/c1-21-15-5-3-2-4-14(15)20-17(21)13(10-19)16(22)11-6-8-12(18)9-7-11/h2-9,13H,1H3. The number of hydrogen-bond donors (Lipinski definition) is 0. The molecule has 0 bridgehead atoms. The summed E-state index contributed by atoms with van der Waals surface area (Å²) in [6.45, 7) is 0. The Morgan fingerprint density at radius 1 is 1.23 bits per heavy atom. The molecule has 5 heteroatoms. The van der Waals surface area contributed by atoms with Crippen LogP contribution in [0.25, 0.3) is 11.0 Å². The number of benzene rings is 2. The van der Waals surface area contributed by atoms with Crippen molar-refractivity contribution in [3.63, 3.8) is 0 Å². The summed E-state index contributed by atoms with van der Waals surface area (Å²) in [6.07, 6.45) is 0. The molecular formula is C17H12FN3O. The average molecular weight is 293 g/mol. The number of fused-ring (bicyclic) bond motifs is 1. The quantitative estimate of drug-likeness (QED) is 0.697. The van der Waals surface area contributed by atoms with Crippen LogP contribution < -0.4 is 0 Å². The van der Waals surface area contributed by atoms with Crippen molar-refractivity contribution in [2.24, 2.45) is 7.05 Å². The monoisotopic (exact) mass is 293 g/mol.